The Kier molecular flexibility index (Phi) is 5.46. The molecule has 0 radical (unpaired) electrons. The number of carbonyl (C=O) groups excluding carboxylic acids is 1. The molecule has 2 aromatic carbocycles. The second-order valence-electron chi connectivity index (χ2n) is 6.25. The summed E-state index contributed by atoms with van der Waals surface area (Å²) in [5, 5.41) is 10.9. The van der Waals surface area contributed by atoms with Crippen LogP contribution in [0, 0.1) is 19.7 Å². The highest BCUT2D eigenvalue weighted by molar-refractivity contribution is 8.00. The molecule has 0 unspecified atom stereocenters. The van der Waals surface area contributed by atoms with Gasteiger partial charge in [0.1, 0.15) is 5.82 Å². The fourth-order valence-corrected chi connectivity index (χ4v) is 3.35. The highest BCUT2D eigenvalue weighted by atomic mass is 32.2. The summed E-state index contributed by atoms with van der Waals surface area (Å²) < 4.78 is 14.7. The molecule has 1 amide bonds. The number of thioether (sulfide) groups is 1. The minimum atomic E-state index is -0.447. The summed E-state index contributed by atoms with van der Waals surface area (Å²) in [6.45, 7) is 5.71. The zero-order valence-electron chi connectivity index (χ0n) is 15.2. The Bertz CT molecular complexity index is 988. The Morgan fingerprint density at radius 1 is 1.22 bits per heavy atom. The van der Waals surface area contributed by atoms with E-state index in [0.29, 0.717) is 16.5 Å². The van der Waals surface area contributed by atoms with Crippen molar-refractivity contribution in [3.63, 3.8) is 0 Å². The summed E-state index contributed by atoms with van der Waals surface area (Å²) in [6.07, 6.45) is 0. The predicted octanol–water partition coefficient (Wildman–Crippen LogP) is 3.53. The van der Waals surface area contributed by atoms with Gasteiger partial charge in [-0.25, -0.2) is 9.07 Å². The van der Waals surface area contributed by atoms with Gasteiger partial charge in [0, 0.05) is 11.3 Å². The summed E-state index contributed by atoms with van der Waals surface area (Å²) in [6, 6.07) is 11.8. The first-order chi connectivity index (χ1) is 12.8. The molecule has 0 fully saturated rings. The fraction of sp³-hybridized carbons (Fsp3) is 0.211. The molecule has 0 aliphatic carbocycles. The Morgan fingerprint density at radius 2 is 2.00 bits per heavy atom. The number of anilines is 1. The Balaban J connectivity index is 1.72. The number of nitrogen functional groups attached to an aromatic ring is 1. The number of nitrogens with two attached hydrogens (primary N) is 1. The van der Waals surface area contributed by atoms with Gasteiger partial charge in [0.2, 0.25) is 11.1 Å². The van der Waals surface area contributed by atoms with Gasteiger partial charge in [-0.2, -0.15) is 0 Å². The highest BCUT2D eigenvalue weighted by Crippen LogP contribution is 2.26. The number of nitrogens with zero attached hydrogens (tertiary/aromatic N) is 3. The molecule has 140 valence electrons. The topological polar surface area (TPSA) is 85.8 Å². The number of halogens is 1. The first-order valence-electron chi connectivity index (χ1n) is 8.36. The Morgan fingerprint density at radius 3 is 2.70 bits per heavy atom. The quantitative estimate of drug-likeness (QED) is 0.518. The van der Waals surface area contributed by atoms with Crippen molar-refractivity contribution < 1.29 is 9.18 Å². The summed E-state index contributed by atoms with van der Waals surface area (Å²) in [4.78, 5) is 12.5. The molecule has 1 heterocycles. The average Bonchev–Trinajstić information content (AvgIpc) is 2.98. The van der Waals surface area contributed by atoms with Crippen molar-refractivity contribution in [1.82, 2.24) is 14.9 Å². The normalized spacial score (nSPS) is 12.0. The minimum absolute atomic E-state index is 0.165. The van der Waals surface area contributed by atoms with Crippen LogP contribution in [0.4, 0.5) is 10.1 Å². The van der Waals surface area contributed by atoms with Gasteiger partial charge < -0.3 is 11.2 Å². The molecule has 0 spiro atoms. The van der Waals surface area contributed by atoms with Crippen LogP contribution < -0.4 is 11.2 Å². The van der Waals surface area contributed by atoms with Gasteiger partial charge in [-0.1, -0.05) is 41.6 Å². The van der Waals surface area contributed by atoms with E-state index in [1.165, 1.54) is 28.6 Å². The SMILES string of the molecule is Cc1ccc(NC(=O)[C@H](C)Sc2nnc(-c3cccc(F)c3)n2N)c(C)c1. The first-order valence-corrected chi connectivity index (χ1v) is 9.24. The second kappa shape index (κ2) is 7.79. The number of benzene rings is 2. The van der Waals surface area contributed by atoms with E-state index in [9.17, 15) is 9.18 Å². The van der Waals surface area contributed by atoms with Gasteiger partial charge in [-0.3, -0.25) is 4.79 Å². The molecule has 0 saturated heterocycles. The van der Waals surface area contributed by atoms with Gasteiger partial charge in [0.15, 0.2) is 5.82 Å². The van der Waals surface area contributed by atoms with Crippen LogP contribution in [-0.4, -0.2) is 26.0 Å². The Labute approximate surface area is 161 Å². The van der Waals surface area contributed by atoms with E-state index in [2.05, 4.69) is 15.5 Å². The van der Waals surface area contributed by atoms with Gasteiger partial charge in [0.25, 0.3) is 0 Å². The Hall–Kier alpha value is -2.87. The van der Waals surface area contributed by atoms with Crippen LogP contribution in [0.2, 0.25) is 0 Å². The molecule has 1 atom stereocenters. The van der Waals surface area contributed by atoms with Crippen LogP contribution in [0.25, 0.3) is 11.4 Å². The van der Waals surface area contributed by atoms with E-state index in [-0.39, 0.29) is 11.7 Å². The average molecular weight is 385 g/mol. The van der Waals surface area contributed by atoms with Crippen LogP contribution in [0.3, 0.4) is 0 Å². The third kappa shape index (κ3) is 4.28. The van der Waals surface area contributed by atoms with E-state index < -0.39 is 5.25 Å². The maximum absolute atomic E-state index is 13.4. The van der Waals surface area contributed by atoms with E-state index in [1.807, 2.05) is 32.0 Å². The van der Waals surface area contributed by atoms with E-state index in [1.54, 1.807) is 19.1 Å². The van der Waals surface area contributed by atoms with Gasteiger partial charge in [0.05, 0.1) is 5.25 Å². The smallest absolute Gasteiger partial charge is 0.237 e. The minimum Gasteiger partial charge on any atom is -0.335 e. The molecule has 6 nitrogen and oxygen atoms in total. The molecule has 0 aliphatic rings. The van der Waals surface area contributed by atoms with Gasteiger partial charge in [-0.15, -0.1) is 10.2 Å². The highest BCUT2D eigenvalue weighted by Gasteiger charge is 2.20. The molecule has 0 bridgehead atoms. The summed E-state index contributed by atoms with van der Waals surface area (Å²) >= 11 is 1.18. The molecular formula is C19H20FN5OS. The third-order valence-electron chi connectivity index (χ3n) is 4.04. The third-order valence-corrected chi connectivity index (χ3v) is 5.10. The molecule has 3 rings (SSSR count). The van der Waals surface area contributed by atoms with E-state index in [0.717, 1.165) is 16.8 Å². The largest absolute Gasteiger partial charge is 0.335 e. The molecule has 8 heteroatoms. The van der Waals surface area contributed by atoms with Crippen molar-refractivity contribution >= 4 is 23.4 Å². The zero-order chi connectivity index (χ0) is 19.6. The lowest BCUT2D eigenvalue weighted by molar-refractivity contribution is -0.115. The number of hydrogen-bond acceptors (Lipinski definition) is 5. The van der Waals surface area contributed by atoms with E-state index >= 15 is 0 Å². The number of aryl methyl sites for hydroxylation is 2. The lowest BCUT2D eigenvalue weighted by Gasteiger charge is -2.13. The van der Waals surface area contributed by atoms with Crippen LogP contribution in [0.5, 0.6) is 0 Å². The van der Waals surface area contributed by atoms with E-state index in [4.69, 9.17) is 5.84 Å². The van der Waals surface area contributed by atoms with Crippen LogP contribution in [0.1, 0.15) is 18.1 Å². The summed E-state index contributed by atoms with van der Waals surface area (Å²) in [5.74, 6) is 5.83. The van der Waals surface area contributed by atoms with Crippen molar-refractivity contribution in [2.24, 2.45) is 0 Å². The van der Waals surface area contributed by atoms with Crippen molar-refractivity contribution in [3.8, 4) is 11.4 Å². The molecule has 0 aliphatic heterocycles. The maximum Gasteiger partial charge on any atom is 0.237 e. The molecular weight excluding hydrogens is 365 g/mol. The van der Waals surface area contributed by atoms with Crippen LogP contribution in [0.15, 0.2) is 47.6 Å². The summed E-state index contributed by atoms with van der Waals surface area (Å²) in [7, 11) is 0. The molecule has 27 heavy (non-hydrogen) atoms. The lowest BCUT2D eigenvalue weighted by atomic mass is 10.1. The fourth-order valence-electron chi connectivity index (χ4n) is 2.58. The molecule has 3 aromatic rings. The zero-order valence-corrected chi connectivity index (χ0v) is 16.0. The number of nitrogens with one attached hydrogen (secondary N) is 1. The van der Waals surface area contributed by atoms with Crippen LogP contribution >= 0.6 is 11.8 Å². The number of hydrogen-bond donors (Lipinski definition) is 2. The lowest BCUT2D eigenvalue weighted by Crippen LogP contribution is -2.24. The van der Waals surface area contributed by atoms with Gasteiger partial charge >= 0.3 is 0 Å². The predicted molar refractivity (Wildman–Crippen MR) is 105 cm³/mol. The second-order valence-corrected chi connectivity index (χ2v) is 7.56. The van der Waals surface area contributed by atoms with Crippen LogP contribution in [-0.2, 0) is 4.79 Å². The van der Waals surface area contributed by atoms with Crippen molar-refractivity contribution in [2.75, 3.05) is 11.2 Å². The number of amides is 1. The first kappa shape index (κ1) is 18.9. The van der Waals surface area contributed by atoms with Crippen molar-refractivity contribution in [2.45, 2.75) is 31.2 Å². The number of carbonyl (C=O) groups is 1. The van der Waals surface area contributed by atoms with Crippen molar-refractivity contribution in [1.29, 1.82) is 0 Å². The standard InChI is InChI=1S/C19H20FN5OS/c1-11-7-8-16(12(2)9-11)22-18(26)13(3)27-19-24-23-17(25(19)21)14-5-4-6-15(20)10-14/h4-10,13H,21H2,1-3H3,(H,22,26)/t13-/m0/s1. The number of aromatic nitrogens is 3. The maximum atomic E-state index is 13.4. The monoisotopic (exact) mass is 385 g/mol. The summed E-state index contributed by atoms with van der Waals surface area (Å²) in [5.41, 5.74) is 3.42. The molecule has 1 aromatic heterocycles. The molecule has 0 saturated carbocycles. The number of rotatable bonds is 5. The molecule has 3 N–H and O–H groups in total. The van der Waals surface area contributed by atoms with Gasteiger partial charge in [-0.05, 0) is 44.5 Å². The van der Waals surface area contributed by atoms with Crippen molar-refractivity contribution in [3.05, 3.63) is 59.4 Å².